The van der Waals surface area contributed by atoms with Crippen LogP contribution in [0.2, 0.25) is 0 Å². The first-order valence-corrected chi connectivity index (χ1v) is 33.9. The van der Waals surface area contributed by atoms with Gasteiger partial charge < -0.3 is 184 Å². The van der Waals surface area contributed by atoms with E-state index in [1.165, 1.54) is 0 Å². The van der Waals surface area contributed by atoms with Crippen molar-refractivity contribution in [3.8, 4) is 0 Å². The fourth-order valence-electron chi connectivity index (χ4n) is 17.8. The Morgan fingerprint density at radius 2 is 0.750 bits per heavy atom. The molecule has 36 unspecified atom stereocenters. The van der Waals surface area contributed by atoms with Gasteiger partial charge in [0, 0.05) is 0 Å². The Labute approximate surface area is 571 Å². The molecule has 23 N–H and O–H groups in total. The van der Waals surface area contributed by atoms with Crippen LogP contribution in [0.3, 0.4) is 0 Å². The molecule has 4 saturated carbocycles. The summed E-state index contributed by atoms with van der Waals surface area (Å²) >= 11 is 0. The summed E-state index contributed by atoms with van der Waals surface area (Å²) in [5.74, 6) is -1.63. The number of fused-ring (bicyclic) bond motifs is 3. The number of hydrogen-bond donors (Lipinski definition) is 23. The minimum atomic E-state index is -2.13. The van der Waals surface area contributed by atoms with E-state index in [-0.39, 0.29) is 25.2 Å². The number of carbonyl (C=O) groups excluding carboxylic acids is 1. The molecule has 0 aromatic heterocycles. The Kier molecular flexibility index (Phi) is 24.6. The van der Waals surface area contributed by atoms with E-state index in [1.807, 2.05) is 0 Å². The van der Waals surface area contributed by atoms with E-state index < -0.39 is 295 Å². The van der Waals surface area contributed by atoms with Gasteiger partial charge in [-0.1, -0.05) is 19.9 Å². The molecule has 576 valence electrons. The monoisotopic (exact) mass is 1450 g/mol. The minimum Gasteiger partial charge on any atom is -0.432 e. The number of hydrogen-bond acceptors (Lipinski definition) is 38. The highest BCUT2D eigenvalue weighted by atomic mass is 16.8. The summed E-state index contributed by atoms with van der Waals surface area (Å²) in [6.07, 6.45) is -63.8. The molecule has 38 heteroatoms. The first kappa shape index (κ1) is 78.8. The van der Waals surface area contributed by atoms with E-state index in [2.05, 4.69) is 13.5 Å². The van der Waals surface area contributed by atoms with Crippen molar-refractivity contribution in [1.29, 1.82) is 0 Å². The zero-order chi connectivity index (χ0) is 72.7. The number of ether oxygens (including phenoxy) is 14. The largest absolute Gasteiger partial charge is 0.432 e. The van der Waals surface area contributed by atoms with Crippen LogP contribution < -0.4 is 0 Å². The Morgan fingerprint density at radius 1 is 0.400 bits per heavy atom. The average molecular weight is 1450 g/mol. The maximum Gasteiger partial charge on any atom is 0.314 e. The zero-order valence-corrected chi connectivity index (χ0v) is 54.8. The normalized spacial score (nSPS) is 54.5. The quantitative estimate of drug-likeness (QED) is 0.0288. The maximum absolute atomic E-state index is 15.5. The van der Waals surface area contributed by atoms with Crippen LogP contribution in [0, 0.1) is 28.1 Å². The number of carbonyl (C=O) groups is 1. The third-order valence-corrected chi connectivity index (χ3v) is 23.4. The molecule has 11 rings (SSSR count). The van der Waals surface area contributed by atoms with Crippen molar-refractivity contribution in [2.45, 2.75) is 292 Å². The number of aliphatic hydroxyl groups is 23. The Bertz CT molecular complexity index is 2720. The fourth-order valence-corrected chi connectivity index (χ4v) is 17.8. The smallest absolute Gasteiger partial charge is 0.314 e. The predicted octanol–water partition coefficient (Wildman–Crippen LogP) is -11.6. The molecule has 7 heterocycles. The molecule has 11 fully saturated rings. The zero-order valence-electron chi connectivity index (χ0n) is 54.8. The van der Waals surface area contributed by atoms with E-state index in [4.69, 9.17) is 66.3 Å². The molecule has 11 aliphatic rings. The lowest BCUT2D eigenvalue weighted by Crippen LogP contribution is -2.68. The molecule has 41 atom stereocenters. The molecule has 38 nitrogen and oxygen atoms in total. The second-order valence-electron chi connectivity index (χ2n) is 29.3. The molecule has 7 saturated heterocycles. The Balaban J connectivity index is 0.890. The highest BCUT2D eigenvalue weighted by Gasteiger charge is 2.70. The maximum atomic E-state index is 15.5. The summed E-state index contributed by atoms with van der Waals surface area (Å²) in [7, 11) is 0. The average Bonchev–Trinajstić information content (AvgIpc) is 1.44. The SMILES string of the molecule is C=C1C[C@@]23CCC4[C@](C)(C(=O)OC5OC(CO)C(O)C(OC6OC(CO)C(O)C(O)C6O)C5OC5OC(CO)C(O)C(O)C5O)CCC[C@@]4(C)[C@@H]2CC[C@]1(OC1OC(COC2OC(CO)C(O)C(O)C2O)C(O)C(OC2OC(CO)C(O)C(O)C2O)C1OC1OC(CO)C(O)C(O)C1O)C3. The molecular formula is C62H100O38. The van der Waals surface area contributed by atoms with Gasteiger partial charge in [-0.2, -0.15) is 0 Å². The van der Waals surface area contributed by atoms with Crippen molar-refractivity contribution < 1.29 is 189 Å². The minimum absolute atomic E-state index is 0.148. The van der Waals surface area contributed by atoms with Gasteiger partial charge in [0.05, 0.1) is 57.3 Å². The number of rotatable bonds is 21. The topological polar surface area (TPSA) is 612 Å². The summed E-state index contributed by atoms with van der Waals surface area (Å²) in [5, 5.41) is 249. The second-order valence-corrected chi connectivity index (χ2v) is 29.3. The van der Waals surface area contributed by atoms with Crippen molar-refractivity contribution in [1.82, 2.24) is 0 Å². The first-order valence-electron chi connectivity index (χ1n) is 33.9. The highest BCUT2D eigenvalue weighted by Crippen LogP contribution is 2.74. The van der Waals surface area contributed by atoms with Crippen LogP contribution in [0.15, 0.2) is 12.2 Å². The van der Waals surface area contributed by atoms with Gasteiger partial charge in [0.15, 0.2) is 43.8 Å². The van der Waals surface area contributed by atoms with E-state index in [0.29, 0.717) is 44.1 Å². The van der Waals surface area contributed by atoms with Crippen LogP contribution in [-0.4, -0.2) is 390 Å². The van der Waals surface area contributed by atoms with Crippen molar-refractivity contribution in [3.05, 3.63) is 12.2 Å². The molecule has 0 radical (unpaired) electrons. The third-order valence-electron chi connectivity index (χ3n) is 23.4. The van der Waals surface area contributed by atoms with Crippen LogP contribution in [-0.2, 0) is 71.1 Å². The summed E-state index contributed by atoms with van der Waals surface area (Å²) in [6.45, 7) is 2.00. The number of esters is 1. The fraction of sp³-hybridized carbons (Fsp3) is 0.952. The van der Waals surface area contributed by atoms with Gasteiger partial charge in [-0.3, -0.25) is 4.79 Å². The standard InChI is InChI=1S/C62H100O38/c1-20-11-61-9-5-28-59(2,7-4-8-60(28,3)58(86)99-56-49(97-54-45(84)40(79)33(72)24(15-66)91-54)47(35(74)26(17-68)93-56)95-52-43(82)38(77)31(70)22(13-64)89-52)29(61)6-10-62(20,19-61)100-57-50(98-55-46(85)41(80)34(73)25(16-67)92-55)48(96-53-44(83)39(78)32(71)23(14-65)90-53)36(75)27(94-57)18-87-51-42(81)37(76)30(69)21(12-63)88-51/h21-57,63-85H,1,4-19H2,2-3H3/t21?,22?,23?,24?,25?,26?,27?,28?,29-,30?,31?,32?,33?,34?,35?,36?,37?,38?,39?,40?,41?,42?,43?,44?,45?,46?,47?,48?,49?,50?,51?,52?,53?,54?,55?,56?,57?,59+,60+,61+,62-/m0/s1. The van der Waals surface area contributed by atoms with Gasteiger partial charge in [0.2, 0.25) is 6.29 Å². The van der Waals surface area contributed by atoms with Crippen molar-refractivity contribution in [2.24, 2.45) is 28.1 Å². The Morgan fingerprint density at radius 3 is 1.18 bits per heavy atom. The summed E-state index contributed by atoms with van der Waals surface area (Å²) in [5.41, 5.74) is -3.69. The van der Waals surface area contributed by atoms with Gasteiger partial charge in [0.25, 0.3) is 0 Å². The predicted molar refractivity (Wildman–Crippen MR) is 317 cm³/mol. The molecule has 0 aromatic carbocycles. The van der Waals surface area contributed by atoms with Crippen LogP contribution in [0.5, 0.6) is 0 Å². The molecule has 2 bridgehead atoms. The second kappa shape index (κ2) is 31.2. The molecular weight excluding hydrogens is 1350 g/mol. The van der Waals surface area contributed by atoms with Gasteiger partial charge in [-0.05, 0) is 86.5 Å². The van der Waals surface area contributed by atoms with Gasteiger partial charge in [-0.25, -0.2) is 0 Å². The molecule has 0 amide bonds. The molecule has 1 spiro atoms. The van der Waals surface area contributed by atoms with E-state index in [0.717, 1.165) is 0 Å². The van der Waals surface area contributed by atoms with Crippen molar-refractivity contribution in [3.63, 3.8) is 0 Å². The summed E-state index contributed by atoms with van der Waals surface area (Å²) in [6, 6.07) is 0. The lowest BCUT2D eigenvalue weighted by Gasteiger charge is -2.64. The van der Waals surface area contributed by atoms with Crippen molar-refractivity contribution in [2.75, 3.05) is 46.2 Å². The number of aliphatic hydroxyl groups excluding tert-OH is 23. The van der Waals surface area contributed by atoms with Crippen LogP contribution in [0.25, 0.3) is 0 Å². The molecule has 100 heavy (non-hydrogen) atoms. The molecule has 7 aliphatic heterocycles. The third kappa shape index (κ3) is 14.1. The van der Waals surface area contributed by atoms with E-state index in [9.17, 15) is 117 Å². The summed E-state index contributed by atoms with van der Waals surface area (Å²) in [4.78, 5) is 15.5. The van der Waals surface area contributed by atoms with Crippen LogP contribution in [0.1, 0.15) is 71.6 Å². The lowest BCUT2D eigenvalue weighted by atomic mass is 9.41. The van der Waals surface area contributed by atoms with Crippen LogP contribution in [0.4, 0.5) is 0 Å². The summed E-state index contributed by atoms with van der Waals surface area (Å²) < 4.78 is 85.3. The van der Waals surface area contributed by atoms with Gasteiger partial charge in [0.1, 0.15) is 165 Å². The lowest BCUT2D eigenvalue weighted by molar-refractivity contribution is -0.403. The highest BCUT2D eigenvalue weighted by molar-refractivity contribution is 5.77. The Hall–Kier alpha value is -2.23. The molecule has 0 aromatic rings. The van der Waals surface area contributed by atoms with E-state index in [1.54, 1.807) is 6.92 Å². The van der Waals surface area contributed by atoms with Crippen molar-refractivity contribution >= 4 is 5.97 Å². The molecule has 4 aliphatic carbocycles. The van der Waals surface area contributed by atoms with E-state index >= 15 is 4.79 Å². The van der Waals surface area contributed by atoms with Gasteiger partial charge in [-0.15, -0.1) is 0 Å². The van der Waals surface area contributed by atoms with Gasteiger partial charge >= 0.3 is 5.97 Å². The van der Waals surface area contributed by atoms with Crippen LogP contribution >= 0.6 is 0 Å². The first-order chi connectivity index (χ1) is 47.3.